The average Bonchev–Trinajstić information content (AvgIpc) is 2.92. The van der Waals surface area contributed by atoms with Crippen molar-refractivity contribution in [1.82, 2.24) is 5.43 Å². The van der Waals surface area contributed by atoms with Gasteiger partial charge in [-0.15, -0.1) is 11.3 Å². The molecule has 0 fully saturated rings. The molecule has 3 aromatic rings. The number of thiophene rings is 1. The zero-order valence-corrected chi connectivity index (χ0v) is 12.7. The summed E-state index contributed by atoms with van der Waals surface area (Å²) in [6.07, 6.45) is 1.59. The van der Waals surface area contributed by atoms with Gasteiger partial charge in [0.05, 0.1) is 11.8 Å². The summed E-state index contributed by atoms with van der Waals surface area (Å²) in [5.41, 5.74) is 2.70. The smallest absolute Gasteiger partial charge is 0.275 e. The van der Waals surface area contributed by atoms with Crippen LogP contribution in [0, 0.1) is 6.92 Å². The van der Waals surface area contributed by atoms with Crippen molar-refractivity contribution < 1.29 is 9.90 Å². The summed E-state index contributed by atoms with van der Waals surface area (Å²) in [7, 11) is 0. The second kappa shape index (κ2) is 5.99. The van der Waals surface area contributed by atoms with E-state index in [9.17, 15) is 9.90 Å². The van der Waals surface area contributed by atoms with Gasteiger partial charge in [0, 0.05) is 9.75 Å². The Morgan fingerprint density at radius 1 is 1.18 bits per heavy atom. The molecule has 1 amide bonds. The topological polar surface area (TPSA) is 61.7 Å². The zero-order chi connectivity index (χ0) is 15.5. The maximum Gasteiger partial charge on any atom is 0.275 e. The highest BCUT2D eigenvalue weighted by Crippen LogP contribution is 2.26. The number of hydrogen-bond acceptors (Lipinski definition) is 4. The van der Waals surface area contributed by atoms with Gasteiger partial charge in [-0.2, -0.15) is 5.10 Å². The number of carbonyl (C=O) groups is 1. The van der Waals surface area contributed by atoms with Crippen LogP contribution in [0.2, 0.25) is 0 Å². The molecule has 3 rings (SSSR count). The number of aromatic hydroxyl groups is 1. The first kappa shape index (κ1) is 14.3. The number of aryl methyl sites for hydroxylation is 1. The largest absolute Gasteiger partial charge is 0.507 e. The van der Waals surface area contributed by atoms with Crippen molar-refractivity contribution in [2.24, 2.45) is 5.10 Å². The van der Waals surface area contributed by atoms with Crippen molar-refractivity contribution >= 4 is 34.2 Å². The number of hydrogen-bond donors (Lipinski definition) is 2. The number of fused-ring (bicyclic) bond motifs is 1. The normalized spacial score (nSPS) is 11.1. The van der Waals surface area contributed by atoms with Gasteiger partial charge in [-0.05, 0) is 35.9 Å². The summed E-state index contributed by atoms with van der Waals surface area (Å²) in [6.45, 7) is 2.01. The molecule has 2 aromatic carbocycles. The molecule has 0 radical (unpaired) electrons. The Bertz CT molecular complexity index is 868. The summed E-state index contributed by atoms with van der Waals surface area (Å²) in [5.74, 6) is -0.489. The van der Waals surface area contributed by atoms with E-state index < -0.39 is 5.91 Å². The lowest BCUT2D eigenvalue weighted by molar-refractivity contribution is 0.0954. The molecule has 0 atom stereocenters. The Labute approximate surface area is 131 Å². The highest BCUT2D eigenvalue weighted by Gasteiger charge is 2.14. The Balaban J connectivity index is 1.86. The molecule has 0 spiro atoms. The summed E-state index contributed by atoms with van der Waals surface area (Å²) in [6, 6.07) is 14.6. The number of hydrazone groups is 1. The quantitative estimate of drug-likeness (QED) is 0.572. The lowest BCUT2D eigenvalue weighted by Gasteiger charge is -2.07. The van der Waals surface area contributed by atoms with Gasteiger partial charge in [0.1, 0.15) is 5.75 Å². The molecule has 0 aliphatic heterocycles. The molecule has 4 nitrogen and oxygen atoms in total. The number of nitrogens with zero attached hydrogens (tertiary/aromatic N) is 1. The van der Waals surface area contributed by atoms with Crippen LogP contribution in [0.15, 0.2) is 53.6 Å². The van der Waals surface area contributed by atoms with Gasteiger partial charge >= 0.3 is 0 Å². The minimum absolute atomic E-state index is 0.0571. The van der Waals surface area contributed by atoms with E-state index in [0.717, 1.165) is 10.3 Å². The number of amides is 1. The van der Waals surface area contributed by atoms with Crippen molar-refractivity contribution in [3.8, 4) is 5.75 Å². The van der Waals surface area contributed by atoms with Crippen LogP contribution in [0.3, 0.4) is 0 Å². The van der Waals surface area contributed by atoms with Crippen LogP contribution in [0.4, 0.5) is 0 Å². The van der Waals surface area contributed by atoms with Crippen LogP contribution < -0.4 is 5.43 Å². The number of benzene rings is 2. The van der Waals surface area contributed by atoms with Gasteiger partial charge < -0.3 is 5.11 Å². The minimum atomic E-state index is -0.432. The molecule has 0 saturated heterocycles. The Morgan fingerprint density at radius 3 is 2.77 bits per heavy atom. The van der Waals surface area contributed by atoms with Gasteiger partial charge in [0.15, 0.2) is 0 Å². The van der Waals surface area contributed by atoms with E-state index in [4.69, 9.17) is 0 Å². The standard InChI is InChI=1S/C17H14N2O2S/c1-11-6-8-13(22-11)10-18-19-17(21)16-14-5-3-2-4-12(14)7-9-15(16)20/h2-10,20H,1H3,(H,19,21). The Morgan fingerprint density at radius 2 is 2.00 bits per heavy atom. The Kier molecular flexibility index (Phi) is 3.89. The van der Waals surface area contributed by atoms with Gasteiger partial charge in [-0.1, -0.05) is 30.3 Å². The van der Waals surface area contributed by atoms with Crippen molar-refractivity contribution in [2.45, 2.75) is 6.92 Å². The van der Waals surface area contributed by atoms with Gasteiger partial charge in [0.2, 0.25) is 0 Å². The van der Waals surface area contributed by atoms with E-state index >= 15 is 0 Å². The van der Waals surface area contributed by atoms with E-state index in [2.05, 4.69) is 10.5 Å². The van der Waals surface area contributed by atoms with Crippen LogP contribution in [0.5, 0.6) is 5.75 Å². The van der Waals surface area contributed by atoms with E-state index in [0.29, 0.717) is 5.39 Å². The third kappa shape index (κ3) is 2.84. The van der Waals surface area contributed by atoms with Gasteiger partial charge in [0.25, 0.3) is 5.91 Å². The number of nitrogens with one attached hydrogen (secondary N) is 1. The first-order valence-corrected chi connectivity index (χ1v) is 7.57. The number of rotatable bonds is 3. The predicted octanol–water partition coefficient (Wildman–Crippen LogP) is 3.68. The molecule has 0 unspecified atom stereocenters. The average molecular weight is 310 g/mol. The molecule has 2 N–H and O–H groups in total. The molecule has 110 valence electrons. The van der Waals surface area contributed by atoms with Gasteiger partial charge in [-0.3, -0.25) is 4.79 Å². The fourth-order valence-electron chi connectivity index (χ4n) is 2.23. The molecule has 0 bridgehead atoms. The maximum atomic E-state index is 12.3. The summed E-state index contributed by atoms with van der Waals surface area (Å²) in [4.78, 5) is 14.4. The summed E-state index contributed by atoms with van der Waals surface area (Å²) >= 11 is 1.59. The predicted molar refractivity (Wildman–Crippen MR) is 89.7 cm³/mol. The van der Waals surface area contributed by atoms with Gasteiger partial charge in [-0.25, -0.2) is 5.43 Å². The fraction of sp³-hybridized carbons (Fsp3) is 0.0588. The van der Waals surface area contributed by atoms with Crippen LogP contribution in [-0.2, 0) is 0 Å². The first-order valence-electron chi connectivity index (χ1n) is 6.76. The molecule has 22 heavy (non-hydrogen) atoms. The third-order valence-electron chi connectivity index (χ3n) is 3.25. The number of carbonyl (C=O) groups excluding carboxylic acids is 1. The van der Waals surface area contributed by atoms with Crippen molar-refractivity contribution in [3.05, 3.63) is 63.8 Å². The van der Waals surface area contributed by atoms with Crippen molar-refractivity contribution in [3.63, 3.8) is 0 Å². The minimum Gasteiger partial charge on any atom is -0.507 e. The lowest BCUT2D eigenvalue weighted by Crippen LogP contribution is -2.18. The Hall–Kier alpha value is -2.66. The second-order valence-corrected chi connectivity index (χ2v) is 6.15. The zero-order valence-electron chi connectivity index (χ0n) is 11.9. The monoisotopic (exact) mass is 310 g/mol. The van der Waals surface area contributed by atoms with E-state index in [1.54, 1.807) is 29.7 Å². The van der Waals surface area contributed by atoms with Crippen LogP contribution in [-0.4, -0.2) is 17.2 Å². The molecule has 0 saturated carbocycles. The van der Waals surface area contributed by atoms with Crippen molar-refractivity contribution in [1.29, 1.82) is 0 Å². The first-order chi connectivity index (χ1) is 10.6. The summed E-state index contributed by atoms with van der Waals surface area (Å²) in [5, 5.41) is 15.5. The SMILES string of the molecule is Cc1ccc(C=NNC(=O)c2c(O)ccc3ccccc23)s1. The molecule has 0 aliphatic carbocycles. The van der Waals surface area contributed by atoms with Crippen molar-refractivity contribution in [2.75, 3.05) is 0 Å². The molecular formula is C17H14N2O2S. The third-order valence-corrected chi connectivity index (χ3v) is 4.19. The number of phenols is 1. The summed E-state index contributed by atoms with van der Waals surface area (Å²) < 4.78 is 0. The van der Waals surface area contributed by atoms with E-state index in [1.807, 2.05) is 37.3 Å². The maximum absolute atomic E-state index is 12.3. The van der Waals surface area contributed by atoms with E-state index in [1.165, 1.54) is 10.9 Å². The van der Waals surface area contributed by atoms with Crippen LogP contribution in [0.25, 0.3) is 10.8 Å². The highest BCUT2D eigenvalue weighted by atomic mass is 32.1. The molecule has 0 aliphatic rings. The lowest BCUT2D eigenvalue weighted by atomic mass is 10.0. The fourth-order valence-corrected chi connectivity index (χ4v) is 2.98. The highest BCUT2D eigenvalue weighted by molar-refractivity contribution is 7.13. The second-order valence-electron chi connectivity index (χ2n) is 4.83. The van der Waals surface area contributed by atoms with E-state index in [-0.39, 0.29) is 11.3 Å². The molecular weight excluding hydrogens is 296 g/mol. The van der Waals surface area contributed by atoms with Crippen LogP contribution in [0.1, 0.15) is 20.1 Å². The molecule has 5 heteroatoms. The molecule has 1 aromatic heterocycles. The molecule has 1 heterocycles. The van der Waals surface area contributed by atoms with Crippen LogP contribution >= 0.6 is 11.3 Å². The number of phenolic OH excluding ortho intramolecular Hbond substituents is 1.